The molecular weight excluding hydrogens is 384 g/mol. The van der Waals surface area contributed by atoms with Crippen LogP contribution in [0.3, 0.4) is 0 Å². The van der Waals surface area contributed by atoms with Crippen LogP contribution in [0.15, 0.2) is 78.9 Å². The highest BCUT2D eigenvalue weighted by atomic mass is 16.5. The fraction of sp³-hybridized carbons (Fsp3) is 0.125. The van der Waals surface area contributed by atoms with Crippen molar-refractivity contribution < 1.29 is 28.6 Å². The van der Waals surface area contributed by atoms with Gasteiger partial charge in [0.25, 0.3) is 0 Å². The van der Waals surface area contributed by atoms with Crippen LogP contribution in [0.5, 0.6) is 17.2 Å². The first-order chi connectivity index (χ1) is 14.1. The summed E-state index contributed by atoms with van der Waals surface area (Å²) in [6, 6.07) is 11.3. The first-order valence-electron chi connectivity index (χ1n) is 8.96. The normalized spacial score (nSPS) is 9.97. The third kappa shape index (κ3) is 5.78. The van der Waals surface area contributed by atoms with Gasteiger partial charge >= 0.3 is 17.9 Å². The van der Waals surface area contributed by atoms with E-state index in [0.29, 0.717) is 16.9 Å². The van der Waals surface area contributed by atoms with E-state index in [1.54, 1.807) is 43.3 Å². The molecule has 0 saturated carbocycles. The Morgan fingerprint density at radius 2 is 1.07 bits per heavy atom. The second kappa shape index (κ2) is 9.52. The van der Waals surface area contributed by atoms with Gasteiger partial charge in [0.1, 0.15) is 17.2 Å². The molecule has 0 aliphatic heterocycles. The summed E-state index contributed by atoms with van der Waals surface area (Å²) in [5, 5.41) is 0. The average molecular weight is 406 g/mol. The summed E-state index contributed by atoms with van der Waals surface area (Å²) in [7, 11) is 0. The van der Waals surface area contributed by atoms with Crippen molar-refractivity contribution in [2.75, 3.05) is 0 Å². The SMILES string of the molecule is C=C(C)C(=O)Oc1ccc(-c2ccc(OC(=O)C(=C)C)cc2OC(=O)C(=C)C)cc1. The van der Waals surface area contributed by atoms with Crippen molar-refractivity contribution in [3.05, 3.63) is 78.9 Å². The zero-order valence-corrected chi connectivity index (χ0v) is 17.1. The Labute approximate surface area is 175 Å². The summed E-state index contributed by atoms with van der Waals surface area (Å²) in [6.07, 6.45) is 0. The van der Waals surface area contributed by atoms with E-state index in [1.807, 2.05) is 0 Å². The molecule has 2 rings (SSSR count). The summed E-state index contributed by atoms with van der Waals surface area (Å²) in [6.45, 7) is 15.3. The largest absolute Gasteiger partial charge is 0.423 e. The summed E-state index contributed by atoms with van der Waals surface area (Å²) in [5.41, 5.74) is 1.99. The molecule has 6 nitrogen and oxygen atoms in total. The second-order valence-electron chi connectivity index (χ2n) is 6.69. The minimum atomic E-state index is -0.619. The molecule has 0 aliphatic rings. The standard InChI is InChI=1S/C24H22O6/c1-14(2)22(25)28-18-9-7-17(8-10-18)20-12-11-19(29-23(26)15(3)4)13-21(20)30-24(27)16(5)6/h7-13H,1,3,5H2,2,4,6H3. The molecule has 0 N–H and O–H groups in total. The Morgan fingerprint density at radius 1 is 0.633 bits per heavy atom. The Hall–Kier alpha value is -3.93. The lowest BCUT2D eigenvalue weighted by Gasteiger charge is -2.13. The van der Waals surface area contributed by atoms with Crippen LogP contribution < -0.4 is 14.2 Å². The van der Waals surface area contributed by atoms with Gasteiger partial charge in [-0.05, 0) is 50.6 Å². The Bertz CT molecular complexity index is 1040. The number of rotatable bonds is 7. The van der Waals surface area contributed by atoms with E-state index in [-0.39, 0.29) is 28.2 Å². The maximum atomic E-state index is 12.1. The second-order valence-corrected chi connectivity index (χ2v) is 6.69. The van der Waals surface area contributed by atoms with E-state index in [4.69, 9.17) is 14.2 Å². The van der Waals surface area contributed by atoms with Crippen LogP contribution in [0, 0.1) is 0 Å². The van der Waals surface area contributed by atoms with E-state index in [0.717, 1.165) is 0 Å². The van der Waals surface area contributed by atoms with Crippen LogP contribution >= 0.6 is 0 Å². The molecule has 0 spiro atoms. The molecule has 0 amide bonds. The molecule has 154 valence electrons. The van der Waals surface area contributed by atoms with Crippen LogP contribution in [0.1, 0.15) is 20.8 Å². The fourth-order valence-electron chi connectivity index (χ4n) is 2.17. The Morgan fingerprint density at radius 3 is 1.57 bits per heavy atom. The molecule has 30 heavy (non-hydrogen) atoms. The number of esters is 3. The Kier molecular flexibility index (Phi) is 7.09. The maximum absolute atomic E-state index is 12.1. The van der Waals surface area contributed by atoms with Crippen LogP contribution in [-0.2, 0) is 14.4 Å². The molecular formula is C24H22O6. The van der Waals surface area contributed by atoms with Crippen molar-refractivity contribution >= 4 is 17.9 Å². The lowest BCUT2D eigenvalue weighted by atomic mass is 10.0. The molecule has 0 aromatic heterocycles. The first-order valence-corrected chi connectivity index (χ1v) is 8.96. The van der Waals surface area contributed by atoms with Crippen molar-refractivity contribution in [1.82, 2.24) is 0 Å². The van der Waals surface area contributed by atoms with Crippen LogP contribution in [0.25, 0.3) is 11.1 Å². The van der Waals surface area contributed by atoms with Crippen LogP contribution in [-0.4, -0.2) is 17.9 Å². The summed E-state index contributed by atoms with van der Waals surface area (Å²) >= 11 is 0. The number of benzene rings is 2. The van der Waals surface area contributed by atoms with Crippen LogP contribution in [0.2, 0.25) is 0 Å². The Balaban J connectivity index is 2.39. The highest BCUT2D eigenvalue weighted by Gasteiger charge is 2.15. The molecule has 0 heterocycles. The number of carbonyl (C=O) groups excluding carboxylic acids is 3. The zero-order chi connectivity index (χ0) is 22.4. The molecule has 0 unspecified atom stereocenters. The molecule has 0 saturated heterocycles. The van der Waals surface area contributed by atoms with E-state index >= 15 is 0 Å². The first kappa shape index (κ1) is 22.4. The van der Waals surface area contributed by atoms with Crippen molar-refractivity contribution in [1.29, 1.82) is 0 Å². The van der Waals surface area contributed by atoms with Crippen molar-refractivity contribution in [2.24, 2.45) is 0 Å². The highest BCUT2D eigenvalue weighted by molar-refractivity contribution is 5.91. The third-order valence-corrected chi connectivity index (χ3v) is 3.79. The van der Waals surface area contributed by atoms with E-state index in [2.05, 4.69) is 19.7 Å². The van der Waals surface area contributed by atoms with Gasteiger partial charge in [0, 0.05) is 28.3 Å². The molecule has 6 heteroatoms. The lowest BCUT2D eigenvalue weighted by molar-refractivity contribution is -0.131. The van der Waals surface area contributed by atoms with Crippen molar-refractivity contribution in [2.45, 2.75) is 20.8 Å². The van der Waals surface area contributed by atoms with Crippen molar-refractivity contribution in [3.8, 4) is 28.4 Å². The van der Waals surface area contributed by atoms with Gasteiger partial charge in [-0.25, -0.2) is 14.4 Å². The van der Waals surface area contributed by atoms with Gasteiger partial charge in [-0.3, -0.25) is 0 Å². The van der Waals surface area contributed by atoms with Gasteiger partial charge in [-0.15, -0.1) is 0 Å². The lowest BCUT2D eigenvalue weighted by Crippen LogP contribution is -2.11. The predicted octanol–water partition coefficient (Wildman–Crippen LogP) is 4.80. The van der Waals surface area contributed by atoms with Crippen molar-refractivity contribution in [3.63, 3.8) is 0 Å². The summed E-state index contributed by atoms with van der Waals surface area (Å²) < 4.78 is 15.8. The number of ether oxygens (including phenoxy) is 3. The minimum absolute atomic E-state index is 0.182. The number of hydrogen-bond donors (Lipinski definition) is 0. The van der Waals surface area contributed by atoms with Gasteiger partial charge in [0.05, 0.1) is 0 Å². The maximum Gasteiger partial charge on any atom is 0.338 e. The monoisotopic (exact) mass is 406 g/mol. The van der Waals surface area contributed by atoms with Gasteiger partial charge < -0.3 is 14.2 Å². The topological polar surface area (TPSA) is 78.9 Å². The average Bonchev–Trinajstić information content (AvgIpc) is 2.68. The van der Waals surface area contributed by atoms with Gasteiger partial charge in [0.15, 0.2) is 0 Å². The van der Waals surface area contributed by atoms with E-state index < -0.39 is 17.9 Å². The van der Waals surface area contributed by atoms with Crippen LogP contribution in [0.4, 0.5) is 0 Å². The molecule has 2 aromatic carbocycles. The predicted molar refractivity (Wildman–Crippen MR) is 113 cm³/mol. The number of carbonyl (C=O) groups is 3. The molecule has 0 aliphatic carbocycles. The summed E-state index contributed by atoms with van der Waals surface area (Å²) in [5.74, 6) is -1.01. The zero-order valence-electron chi connectivity index (χ0n) is 17.1. The molecule has 0 radical (unpaired) electrons. The summed E-state index contributed by atoms with van der Waals surface area (Å²) in [4.78, 5) is 35.5. The molecule has 0 atom stereocenters. The smallest absolute Gasteiger partial charge is 0.338 e. The van der Waals surface area contributed by atoms with Gasteiger partial charge in [0.2, 0.25) is 0 Å². The highest BCUT2D eigenvalue weighted by Crippen LogP contribution is 2.35. The molecule has 2 aromatic rings. The third-order valence-electron chi connectivity index (χ3n) is 3.79. The number of hydrogen-bond acceptors (Lipinski definition) is 6. The van der Waals surface area contributed by atoms with E-state index in [1.165, 1.54) is 19.9 Å². The van der Waals surface area contributed by atoms with Gasteiger partial charge in [-0.2, -0.15) is 0 Å². The fourth-order valence-corrected chi connectivity index (χ4v) is 2.17. The quantitative estimate of drug-likeness (QED) is 0.373. The van der Waals surface area contributed by atoms with Gasteiger partial charge in [-0.1, -0.05) is 31.9 Å². The van der Waals surface area contributed by atoms with E-state index in [9.17, 15) is 14.4 Å². The molecule has 0 fully saturated rings. The minimum Gasteiger partial charge on any atom is -0.423 e. The molecule has 0 bridgehead atoms.